The molecule has 2 aromatic heterocycles. The van der Waals surface area contributed by atoms with Crippen LogP contribution in [0.4, 0.5) is 5.69 Å². The van der Waals surface area contributed by atoms with Gasteiger partial charge in [-0.2, -0.15) is 4.52 Å². The fourth-order valence-electron chi connectivity index (χ4n) is 5.29. The molecule has 0 spiro atoms. The van der Waals surface area contributed by atoms with Crippen LogP contribution >= 0.6 is 0 Å². The first-order chi connectivity index (χ1) is 16.2. The number of ether oxygens (including phenoxy) is 1. The monoisotopic (exact) mass is 439 g/mol. The topological polar surface area (TPSA) is 72.6 Å². The second kappa shape index (κ2) is 7.99. The van der Waals surface area contributed by atoms with Gasteiger partial charge in [0, 0.05) is 29.4 Å². The van der Waals surface area contributed by atoms with E-state index in [0.717, 1.165) is 48.1 Å². The van der Waals surface area contributed by atoms with Gasteiger partial charge in [-0.3, -0.25) is 4.79 Å². The summed E-state index contributed by atoms with van der Waals surface area (Å²) in [5.41, 5.74) is 4.94. The summed E-state index contributed by atoms with van der Waals surface area (Å²) in [5.74, 6) is 1.95. The Morgan fingerprint density at radius 2 is 1.58 bits per heavy atom. The summed E-state index contributed by atoms with van der Waals surface area (Å²) in [6.45, 7) is -0.0729. The number of hydrogen-bond donors (Lipinski definition) is 0. The van der Waals surface area contributed by atoms with Gasteiger partial charge in [0.2, 0.25) is 5.88 Å². The van der Waals surface area contributed by atoms with Crippen LogP contribution < -0.4 is 9.64 Å². The fourth-order valence-corrected chi connectivity index (χ4v) is 5.29. The molecule has 0 N–H and O–H groups in total. The van der Waals surface area contributed by atoms with E-state index >= 15 is 0 Å². The number of aromatic nitrogens is 4. The van der Waals surface area contributed by atoms with E-state index in [1.54, 1.807) is 16.5 Å². The maximum Gasteiger partial charge on any atom is 0.264 e. The van der Waals surface area contributed by atoms with E-state index in [-0.39, 0.29) is 12.5 Å². The molecule has 7 nitrogen and oxygen atoms in total. The van der Waals surface area contributed by atoms with Crippen molar-refractivity contribution in [3.05, 3.63) is 71.8 Å². The number of para-hydroxylation sites is 1. The van der Waals surface area contributed by atoms with Gasteiger partial charge >= 0.3 is 0 Å². The molecule has 1 fully saturated rings. The van der Waals surface area contributed by atoms with Crippen LogP contribution in [0.15, 0.2) is 60.7 Å². The van der Waals surface area contributed by atoms with E-state index in [1.165, 1.54) is 5.56 Å². The molecular weight excluding hydrogens is 414 g/mol. The van der Waals surface area contributed by atoms with Gasteiger partial charge in [-0.05, 0) is 49.7 Å². The minimum absolute atomic E-state index is 0.0729. The first-order valence-corrected chi connectivity index (χ1v) is 11.5. The maximum atomic E-state index is 12.9. The number of anilines is 1. The number of carbonyl (C=O) groups is 1. The molecule has 0 saturated heterocycles. The van der Waals surface area contributed by atoms with Gasteiger partial charge in [0.15, 0.2) is 18.1 Å². The van der Waals surface area contributed by atoms with Crippen molar-refractivity contribution in [2.45, 2.75) is 37.5 Å². The molecule has 2 aromatic carbocycles. The van der Waals surface area contributed by atoms with E-state index < -0.39 is 0 Å². The van der Waals surface area contributed by atoms with Crippen LogP contribution in [0.2, 0.25) is 0 Å². The zero-order valence-electron chi connectivity index (χ0n) is 18.5. The average Bonchev–Trinajstić information content (AvgIpc) is 3.32. The standard InChI is InChI=1S/C26H25N5O2/c1-30(20-10-6-3-7-11-20)21(32)16-33-26-23-18-14-12-17(13-15-18)22(23)25-28-27-24(31(25)29-26)19-8-4-2-5-9-19/h2-11,17-18H,12-16H2,1H3. The highest BCUT2D eigenvalue weighted by Gasteiger charge is 2.39. The third-order valence-corrected chi connectivity index (χ3v) is 7.02. The summed E-state index contributed by atoms with van der Waals surface area (Å²) in [4.78, 5) is 14.5. The summed E-state index contributed by atoms with van der Waals surface area (Å²) in [6, 6.07) is 19.5. The van der Waals surface area contributed by atoms with Crippen molar-refractivity contribution >= 4 is 17.2 Å². The molecule has 0 atom stereocenters. The van der Waals surface area contributed by atoms with Gasteiger partial charge in [0.1, 0.15) is 0 Å². The first-order valence-electron chi connectivity index (χ1n) is 11.5. The van der Waals surface area contributed by atoms with Crippen LogP contribution in [0.25, 0.3) is 17.0 Å². The number of rotatable bonds is 5. The van der Waals surface area contributed by atoms with Crippen LogP contribution in [0, 0.1) is 0 Å². The van der Waals surface area contributed by atoms with E-state index in [2.05, 4.69) is 10.2 Å². The van der Waals surface area contributed by atoms with Gasteiger partial charge in [0.05, 0.1) is 0 Å². The van der Waals surface area contributed by atoms with E-state index in [4.69, 9.17) is 9.84 Å². The van der Waals surface area contributed by atoms with Crippen molar-refractivity contribution < 1.29 is 9.53 Å². The molecule has 7 heteroatoms. The van der Waals surface area contributed by atoms with Crippen molar-refractivity contribution in [3.63, 3.8) is 0 Å². The smallest absolute Gasteiger partial charge is 0.264 e. The molecule has 0 radical (unpaired) electrons. The van der Waals surface area contributed by atoms with E-state index in [9.17, 15) is 4.79 Å². The van der Waals surface area contributed by atoms with Crippen molar-refractivity contribution in [2.24, 2.45) is 0 Å². The van der Waals surface area contributed by atoms with Crippen molar-refractivity contribution in [1.82, 2.24) is 19.8 Å². The zero-order chi connectivity index (χ0) is 22.4. The molecule has 2 bridgehead atoms. The van der Waals surface area contributed by atoms with Gasteiger partial charge in [0.25, 0.3) is 5.91 Å². The Labute approximate surface area is 192 Å². The third kappa shape index (κ3) is 3.35. The Hall–Kier alpha value is -3.74. The van der Waals surface area contributed by atoms with Crippen molar-refractivity contribution in [3.8, 4) is 17.3 Å². The molecule has 0 aliphatic heterocycles. The van der Waals surface area contributed by atoms with Gasteiger partial charge in [-0.25, -0.2) is 0 Å². The Balaban J connectivity index is 1.40. The van der Waals surface area contributed by atoms with Crippen LogP contribution in [0.1, 0.15) is 48.6 Å². The molecule has 3 aliphatic carbocycles. The molecule has 0 unspecified atom stereocenters. The molecule has 7 rings (SSSR count). The van der Waals surface area contributed by atoms with Gasteiger partial charge < -0.3 is 9.64 Å². The number of fused-ring (bicyclic) bond motifs is 3. The summed E-state index contributed by atoms with van der Waals surface area (Å²) >= 11 is 0. The summed E-state index contributed by atoms with van der Waals surface area (Å²) in [7, 11) is 1.77. The molecule has 3 aliphatic rings. The number of carbonyl (C=O) groups excluding carboxylic acids is 1. The van der Waals surface area contributed by atoms with Crippen LogP contribution in [0.3, 0.4) is 0 Å². The Kier molecular flexibility index (Phi) is 4.82. The molecule has 1 saturated carbocycles. The van der Waals surface area contributed by atoms with Crippen molar-refractivity contribution in [1.29, 1.82) is 0 Å². The maximum absolute atomic E-state index is 12.9. The third-order valence-electron chi connectivity index (χ3n) is 7.02. The quantitative estimate of drug-likeness (QED) is 0.455. The van der Waals surface area contributed by atoms with E-state index in [0.29, 0.717) is 23.5 Å². The molecular formula is C26H25N5O2. The zero-order valence-corrected chi connectivity index (χ0v) is 18.5. The highest BCUT2D eigenvalue weighted by Crippen LogP contribution is 2.53. The average molecular weight is 440 g/mol. The fraction of sp³-hybridized carbons (Fsp3) is 0.308. The molecule has 2 heterocycles. The van der Waals surface area contributed by atoms with Crippen molar-refractivity contribution in [2.75, 3.05) is 18.6 Å². The van der Waals surface area contributed by atoms with Gasteiger partial charge in [-0.15, -0.1) is 15.3 Å². The lowest BCUT2D eigenvalue weighted by atomic mass is 9.67. The predicted octanol–water partition coefficient (Wildman–Crippen LogP) is 4.59. The number of benzene rings is 2. The van der Waals surface area contributed by atoms with Crippen LogP contribution in [-0.4, -0.2) is 39.4 Å². The lowest BCUT2D eigenvalue weighted by Gasteiger charge is -2.38. The Morgan fingerprint density at radius 3 is 2.27 bits per heavy atom. The van der Waals surface area contributed by atoms with E-state index in [1.807, 2.05) is 60.7 Å². The minimum atomic E-state index is -0.121. The second-order valence-electron chi connectivity index (χ2n) is 8.88. The van der Waals surface area contributed by atoms with Gasteiger partial charge in [-0.1, -0.05) is 48.5 Å². The molecule has 33 heavy (non-hydrogen) atoms. The highest BCUT2D eigenvalue weighted by molar-refractivity contribution is 5.93. The molecule has 1 amide bonds. The minimum Gasteiger partial charge on any atom is -0.466 e. The summed E-state index contributed by atoms with van der Waals surface area (Å²) < 4.78 is 7.95. The predicted molar refractivity (Wildman–Crippen MR) is 126 cm³/mol. The largest absolute Gasteiger partial charge is 0.466 e. The number of nitrogens with zero attached hydrogens (tertiary/aromatic N) is 5. The van der Waals surface area contributed by atoms with Crippen LogP contribution in [-0.2, 0) is 4.79 Å². The van der Waals surface area contributed by atoms with Crippen LogP contribution in [0.5, 0.6) is 5.88 Å². The Bertz CT molecular complexity index is 1310. The Morgan fingerprint density at radius 1 is 0.939 bits per heavy atom. The SMILES string of the molecule is CN(C(=O)COc1nn2c(-c3ccccc3)nnc2c2c1C1CCC2CC1)c1ccccc1. The number of hydrogen-bond acceptors (Lipinski definition) is 5. The molecule has 4 aromatic rings. The lowest BCUT2D eigenvalue weighted by molar-refractivity contribution is -0.120. The number of likely N-dealkylation sites (N-methyl/N-ethyl adjacent to an activating group) is 1. The lowest BCUT2D eigenvalue weighted by Crippen LogP contribution is -2.32. The molecule has 166 valence electrons. The summed E-state index contributed by atoms with van der Waals surface area (Å²) in [5, 5.41) is 13.9. The highest BCUT2D eigenvalue weighted by atomic mass is 16.5. The normalized spacial score (nSPS) is 18.8. The first kappa shape index (κ1) is 19.9. The number of amides is 1. The summed E-state index contributed by atoms with van der Waals surface area (Å²) in [6.07, 6.45) is 4.56. The second-order valence-corrected chi connectivity index (χ2v) is 8.88.